The fraction of sp³-hybridized carbons (Fsp3) is 0.500. The Labute approximate surface area is 126 Å². The molecule has 1 aromatic heterocycles. The van der Waals surface area contributed by atoms with Crippen LogP contribution in [0.15, 0.2) is 36.5 Å². The number of aromatic nitrogens is 1. The number of hydrogen-bond acceptors (Lipinski definition) is 3. The molecule has 0 bridgehead atoms. The maximum absolute atomic E-state index is 5.98. The molecular formula is C18H25N3. The van der Waals surface area contributed by atoms with Gasteiger partial charge in [-0.05, 0) is 41.9 Å². The molecule has 1 fully saturated rings. The van der Waals surface area contributed by atoms with Crippen LogP contribution in [-0.4, -0.2) is 4.98 Å². The highest BCUT2D eigenvalue weighted by atomic mass is 15.2. The molecule has 0 saturated heterocycles. The lowest BCUT2D eigenvalue weighted by molar-refractivity contribution is 0.0987. The third-order valence-electron chi connectivity index (χ3n) is 5.19. The topological polar surface area (TPSA) is 50.9 Å². The van der Waals surface area contributed by atoms with E-state index in [0.29, 0.717) is 11.3 Å². The van der Waals surface area contributed by atoms with Crippen LogP contribution in [0.1, 0.15) is 51.1 Å². The molecule has 2 atom stereocenters. The normalized spacial score (nSPS) is 23.1. The Balaban J connectivity index is 2.06. The van der Waals surface area contributed by atoms with Crippen molar-refractivity contribution in [2.24, 2.45) is 17.2 Å². The number of nitrogens with two attached hydrogens (primary N) is 1. The molecule has 3 nitrogen and oxygen atoms in total. The van der Waals surface area contributed by atoms with E-state index in [1.165, 1.54) is 36.6 Å². The molecule has 1 aliphatic rings. The highest BCUT2D eigenvalue weighted by Gasteiger charge is 2.38. The number of rotatable bonds is 3. The van der Waals surface area contributed by atoms with Crippen molar-refractivity contribution in [2.75, 3.05) is 0 Å². The summed E-state index contributed by atoms with van der Waals surface area (Å²) in [5, 5.41) is 1.21. The lowest BCUT2D eigenvalue weighted by Crippen LogP contribution is -2.41. The number of nitrogens with one attached hydrogen (secondary N) is 1. The largest absolute Gasteiger partial charge is 0.271 e. The van der Waals surface area contributed by atoms with Gasteiger partial charge in [0.25, 0.3) is 0 Å². The van der Waals surface area contributed by atoms with Gasteiger partial charge in [0.1, 0.15) is 0 Å². The second-order valence-corrected chi connectivity index (χ2v) is 6.90. The molecule has 1 aromatic carbocycles. The number of nitrogens with zero attached hydrogens (tertiary/aromatic N) is 1. The number of benzene rings is 1. The van der Waals surface area contributed by atoms with Gasteiger partial charge in [0.05, 0.1) is 5.52 Å². The molecule has 2 unspecified atom stereocenters. The Kier molecular flexibility index (Phi) is 3.96. The summed E-state index contributed by atoms with van der Waals surface area (Å²) in [6.45, 7) is 4.76. The minimum atomic E-state index is 0.188. The van der Waals surface area contributed by atoms with E-state index in [0.717, 1.165) is 5.52 Å². The predicted molar refractivity (Wildman–Crippen MR) is 87.5 cm³/mol. The second kappa shape index (κ2) is 5.74. The van der Waals surface area contributed by atoms with Crippen LogP contribution in [0, 0.1) is 11.3 Å². The average Bonchev–Trinajstić information content (AvgIpc) is 2.49. The molecule has 2 aromatic rings. The van der Waals surface area contributed by atoms with Crippen molar-refractivity contribution in [3.8, 4) is 0 Å². The molecule has 1 saturated carbocycles. The number of pyridine rings is 1. The Hall–Kier alpha value is -1.45. The van der Waals surface area contributed by atoms with Gasteiger partial charge in [-0.3, -0.25) is 16.3 Å². The zero-order valence-electron chi connectivity index (χ0n) is 13.0. The van der Waals surface area contributed by atoms with Crippen LogP contribution in [-0.2, 0) is 0 Å². The van der Waals surface area contributed by atoms with Crippen LogP contribution in [0.2, 0.25) is 0 Å². The predicted octanol–water partition coefficient (Wildman–Crippen LogP) is 3.96. The first kappa shape index (κ1) is 14.5. The zero-order valence-corrected chi connectivity index (χ0v) is 13.0. The first-order valence-corrected chi connectivity index (χ1v) is 7.93. The van der Waals surface area contributed by atoms with Crippen molar-refractivity contribution in [1.29, 1.82) is 0 Å². The molecule has 1 heterocycles. The van der Waals surface area contributed by atoms with Crippen LogP contribution in [0.4, 0.5) is 0 Å². The summed E-state index contributed by atoms with van der Waals surface area (Å²) in [4.78, 5) is 4.47. The molecule has 21 heavy (non-hydrogen) atoms. The fourth-order valence-electron chi connectivity index (χ4n) is 3.96. The van der Waals surface area contributed by atoms with Crippen LogP contribution >= 0.6 is 0 Å². The van der Waals surface area contributed by atoms with Crippen LogP contribution < -0.4 is 11.3 Å². The molecule has 0 radical (unpaired) electrons. The Morgan fingerprint density at radius 3 is 2.86 bits per heavy atom. The SMILES string of the molecule is CC1(C)CCCCC1C(NN)c1cccc2ncccc12. The first-order valence-electron chi connectivity index (χ1n) is 7.93. The molecular weight excluding hydrogens is 258 g/mol. The lowest BCUT2D eigenvalue weighted by atomic mass is 9.64. The van der Waals surface area contributed by atoms with E-state index in [2.05, 4.69) is 48.5 Å². The summed E-state index contributed by atoms with van der Waals surface area (Å²) in [6.07, 6.45) is 6.99. The maximum atomic E-state index is 5.98. The summed E-state index contributed by atoms with van der Waals surface area (Å²) in [5.74, 6) is 6.53. The third-order valence-corrected chi connectivity index (χ3v) is 5.19. The average molecular weight is 283 g/mol. The molecule has 1 aliphatic carbocycles. The van der Waals surface area contributed by atoms with E-state index in [4.69, 9.17) is 5.84 Å². The monoisotopic (exact) mass is 283 g/mol. The van der Waals surface area contributed by atoms with E-state index in [1.807, 2.05) is 12.3 Å². The number of hydrogen-bond donors (Lipinski definition) is 2. The van der Waals surface area contributed by atoms with Gasteiger partial charge in [-0.15, -0.1) is 0 Å². The van der Waals surface area contributed by atoms with Crippen molar-refractivity contribution in [2.45, 2.75) is 45.6 Å². The summed E-state index contributed by atoms with van der Waals surface area (Å²) < 4.78 is 0. The summed E-state index contributed by atoms with van der Waals surface area (Å²) >= 11 is 0. The van der Waals surface area contributed by atoms with Crippen LogP contribution in [0.25, 0.3) is 10.9 Å². The van der Waals surface area contributed by atoms with E-state index in [1.54, 1.807) is 0 Å². The molecule has 0 aliphatic heterocycles. The lowest BCUT2D eigenvalue weighted by Gasteiger charge is -2.43. The van der Waals surface area contributed by atoms with E-state index in [-0.39, 0.29) is 6.04 Å². The van der Waals surface area contributed by atoms with Gasteiger partial charge in [-0.2, -0.15) is 0 Å². The van der Waals surface area contributed by atoms with Gasteiger partial charge in [-0.1, -0.05) is 44.9 Å². The van der Waals surface area contributed by atoms with Gasteiger partial charge >= 0.3 is 0 Å². The molecule has 3 heteroatoms. The van der Waals surface area contributed by atoms with Gasteiger partial charge < -0.3 is 0 Å². The van der Waals surface area contributed by atoms with Crippen molar-refractivity contribution < 1.29 is 0 Å². The second-order valence-electron chi connectivity index (χ2n) is 6.90. The number of fused-ring (bicyclic) bond motifs is 1. The van der Waals surface area contributed by atoms with Crippen LogP contribution in [0.3, 0.4) is 0 Å². The van der Waals surface area contributed by atoms with Gasteiger partial charge in [0.2, 0.25) is 0 Å². The highest BCUT2D eigenvalue weighted by Crippen LogP contribution is 2.47. The van der Waals surface area contributed by atoms with Crippen molar-refractivity contribution in [1.82, 2.24) is 10.4 Å². The maximum Gasteiger partial charge on any atom is 0.0705 e. The van der Waals surface area contributed by atoms with Crippen molar-refractivity contribution in [3.05, 3.63) is 42.1 Å². The van der Waals surface area contributed by atoms with E-state index >= 15 is 0 Å². The van der Waals surface area contributed by atoms with Gasteiger partial charge in [-0.25, -0.2) is 0 Å². The van der Waals surface area contributed by atoms with E-state index in [9.17, 15) is 0 Å². The quantitative estimate of drug-likeness (QED) is 0.662. The Morgan fingerprint density at radius 1 is 1.24 bits per heavy atom. The number of hydrazine groups is 1. The zero-order chi connectivity index (χ0) is 14.9. The molecule has 3 N–H and O–H groups in total. The first-order chi connectivity index (χ1) is 10.1. The van der Waals surface area contributed by atoms with Gasteiger partial charge in [0, 0.05) is 17.6 Å². The third kappa shape index (κ3) is 2.68. The Morgan fingerprint density at radius 2 is 2.10 bits per heavy atom. The molecule has 0 spiro atoms. The summed E-state index contributed by atoms with van der Waals surface area (Å²) in [5.41, 5.74) is 5.75. The van der Waals surface area contributed by atoms with E-state index < -0.39 is 0 Å². The summed E-state index contributed by atoms with van der Waals surface area (Å²) in [6, 6.07) is 10.7. The van der Waals surface area contributed by atoms with Crippen molar-refractivity contribution in [3.63, 3.8) is 0 Å². The highest BCUT2D eigenvalue weighted by molar-refractivity contribution is 5.82. The standard InChI is InChI=1S/C18H25N3/c1-18(2)11-4-3-9-15(18)17(21-19)14-7-5-10-16-13(14)8-6-12-20-16/h5-8,10,12,15,17,21H,3-4,9,11,19H2,1-2H3. The van der Waals surface area contributed by atoms with Gasteiger partial charge in [0.15, 0.2) is 0 Å². The fourth-order valence-corrected chi connectivity index (χ4v) is 3.96. The smallest absolute Gasteiger partial charge is 0.0705 e. The summed E-state index contributed by atoms with van der Waals surface area (Å²) in [7, 11) is 0. The van der Waals surface area contributed by atoms with Crippen molar-refractivity contribution >= 4 is 10.9 Å². The molecule has 3 rings (SSSR count). The molecule has 112 valence electrons. The Bertz CT molecular complexity index is 615. The molecule has 0 amide bonds. The minimum Gasteiger partial charge on any atom is -0.271 e. The van der Waals surface area contributed by atoms with Crippen LogP contribution in [0.5, 0.6) is 0 Å². The minimum absolute atomic E-state index is 0.188.